The SMILES string of the molecule is CCCn1c(C)nnc1C1CCC(CN)CC1. The lowest BCUT2D eigenvalue weighted by Crippen LogP contribution is -2.22. The quantitative estimate of drug-likeness (QED) is 0.872. The third-order valence-electron chi connectivity index (χ3n) is 3.96. The average molecular weight is 236 g/mol. The second-order valence-electron chi connectivity index (χ2n) is 5.21. The first-order chi connectivity index (χ1) is 8.26. The van der Waals surface area contributed by atoms with Crippen molar-refractivity contribution in [1.82, 2.24) is 14.8 Å². The summed E-state index contributed by atoms with van der Waals surface area (Å²) < 4.78 is 2.30. The molecule has 1 saturated carbocycles. The van der Waals surface area contributed by atoms with E-state index >= 15 is 0 Å². The molecule has 0 unspecified atom stereocenters. The number of rotatable bonds is 4. The lowest BCUT2D eigenvalue weighted by Gasteiger charge is -2.27. The molecule has 1 heterocycles. The van der Waals surface area contributed by atoms with E-state index < -0.39 is 0 Å². The van der Waals surface area contributed by atoms with Crippen molar-refractivity contribution in [2.24, 2.45) is 11.7 Å². The van der Waals surface area contributed by atoms with Crippen LogP contribution in [0.3, 0.4) is 0 Å². The van der Waals surface area contributed by atoms with Gasteiger partial charge in [0.25, 0.3) is 0 Å². The third-order valence-corrected chi connectivity index (χ3v) is 3.96. The molecule has 4 nitrogen and oxygen atoms in total. The van der Waals surface area contributed by atoms with Crippen molar-refractivity contribution in [3.63, 3.8) is 0 Å². The molecule has 0 aliphatic heterocycles. The Morgan fingerprint density at radius 3 is 2.53 bits per heavy atom. The Hall–Kier alpha value is -0.900. The predicted octanol–water partition coefficient (Wildman–Crippen LogP) is 2.23. The topological polar surface area (TPSA) is 56.7 Å². The summed E-state index contributed by atoms with van der Waals surface area (Å²) in [5.74, 6) is 3.60. The Balaban J connectivity index is 2.07. The second kappa shape index (κ2) is 5.63. The largest absolute Gasteiger partial charge is 0.330 e. The Labute approximate surface area is 104 Å². The van der Waals surface area contributed by atoms with Crippen molar-refractivity contribution in [2.45, 2.75) is 58.4 Å². The van der Waals surface area contributed by atoms with Crippen LogP contribution in [0.5, 0.6) is 0 Å². The number of aromatic nitrogens is 3. The Morgan fingerprint density at radius 1 is 1.24 bits per heavy atom. The van der Waals surface area contributed by atoms with Crippen molar-refractivity contribution in [2.75, 3.05) is 6.54 Å². The first kappa shape index (κ1) is 12.6. The van der Waals surface area contributed by atoms with Crippen molar-refractivity contribution < 1.29 is 0 Å². The zero-order valence-corrected chi connectivity index (χ0v) is 11.0. The van der Waals surface area contributed by atoms with Gasteiger partial charge >= 0.3 is 0 Å². The van der Waals surface area contributed by atoms with E-state index in [1.807, 2.05) is 0 Å². The Bertz CT molecular complexity index is 350. The van der Waals surface area contributed by atoms with Gasteiger partial charge in [-0.2, -0.15) is 0 Å². The molecule has 0 saturated heterocycles. The van der Waals surface area contributed by atoms with Gasteiger partial charge in [0.1, 0.15) is 11.6 Å². The zero-order chi connectivity index (χ0) is 12.3. The van der Waals surface area contributed by atoms with E-state index in [4.69, 9.17) is 5.73 Å². The van der Waals surface area contributed by atoms with Crippen LogP contribution in [0.25, 0.3) is 0 Å². The van der Waals surface area contributed by atoms with Crippen molar-refractivity contribution in [1.29, 1.82) is 0 Å². The van der Waals surface area contributed by atoms with E-state index in [2.05, 4.69) is 28.6 Å². The highest BCUT2D eigenvalue weighted by Gasteiger charge is 2.25. The lowest BCUT2D eigenvalue weighted by molar-refractivity contribution is 0.319. The third kappa shape index (κ3) is 2.68. The summed E-state index contributed by atoms with van der Waals surface area (Å²) in [6.07, 6.45) is 6.09. The first-order valence-electron chi connectivity index (χ1n) is 6.86. The summed E-state index contributed by atoms with van der Waals surface area (Å²) in [4.78, 5) is 0. The molecule has 2 rings (SSSR count). The molecule has 17 heavy (non-hydrogen) atoms. The predicted molar refractivity (Wildman–Crippen MR) is 68.8 cm³/mol. The van der Waals surface area contributed by atoms with Gasteiger partial charge in [-0.3, -0.25) is 0 Å². The fraction of sp³-hybridized carbons (Fsp3) is 0.846. The van der Waals surface area contributed by atoms with Crippen LogP contribution in [0.15, 0.2) is 0 Å². The molecule has 1 fully saturated rings. The van der Waals surface area contributed by atoms with Crippen LogP contribution >= 0.6 is 0 Å². The van der Waals surface area contributed by atoms with Gasteiger partial charge in [-0.1, -0.05) is 6.92 Å². The van der Waals surface area contributed by atoms with Crippen LogP contribution in [0.2, 0.25) is 0 Å². The smallest absolute Gasteiger partial charge is 0.136 e. The number of hydrogen-bond donors (Lipinski definition) is 1. The van der Waals surface area contributed by atoms with Crippen molar-refractivity contribution >= 4 is 0 Å². The molecule has 2 N–H and O–H groups in total. The highest BCUT2D eigenvalue weighted by atomic mass is 15.3. The molecular weight excluding hydrogens is 212 g/mol. The molecule has 0 spiro atoms. The number of nitrogens with zero attached hydrogens (tertiary/aromatic N) is 3. The summed E-state index contributed by atoms with van der Waals surface area (Å²) in [5.41, 5.74) is 5.74. The van der Waals surface area contributed by atoms with Gasteiger partial charge in [0.15, 0.2) is 0 Å². The molecule has 0 amide bonds. The molecule has 0 atom stereocenters. The zero-order valence-electron chi connectivity index (χ0n) is 11.0. The number of nitrogens with two attached hydrogens (primary N) is 1. The fourth-order valence-electron chi connectivity index (χ4n) is 2.86. The summed E-state index contributed by atoms with van der Waals surface area (Å²) >= 11 is 0. The van der Waals surface area contributed by atoms with Crippen LogP contribution in [0, 0.1) is 12.8 Å². The van der Waals surface area contributed by atoms with E-state index in [-0.39, 0.29) is 0 Å². The minimum atomic E-state index is 0.602. The van der Waals surface area contributed by atoms with Crippen LogP contribution in [-0.4, -0.2) is 21.3 Å². The standard InChI is InChI=1S/C13H24N4/c1-3-8-17-10(2)15-16-13(17)12-6-4-11(9-14)5-7-12/h11-12H,3-9,14H2,1-2H3. The van der Waals surface area contributed by atoms with E-state index in [0.29, 0.717) is 5.92 Å². The normalized spacial score (nSPS) is 25.1. The first-order valence-corrected chi connectivity index (χ1v) is 6.86. The van der Waals surface area contributed by atoms with E-state index in [9.17, 15) is 0 Å². The molecule has 0 radical (unpaired) electrons. The summed E-state index contributed by atoms with van der Waals surface area (Å²) in [7, 11) is 0. The van der Waals surface area contributed by atoms with Gasteiger partial charge in [-0.15, -0.1) is 10.2 Å². The fourth-order valence-corrected chi connectivity index (χ4v) is 2.86. The van der Waals surface area contributed by atoms with E-state index in [1.54, 1.807) is 0 Å². The summed E-state index contributed by atoms with van der Waals surface area (Å²) in [5, 5.41) is 8.63. The van der Waals surface area contributed by atoms with Gasteiger partial charge in [-0.05, 0) is 51.5 Å². The van der Waals surface area contributed by atoms with Gasteiger partial charge < -0.3 is 10.3 Å². The molecule has 96 valence electrons. The lowest BCUT2D eigenvalue weighted by atomic mass is 9.81. The minimum absolute atomic E-state index is 0.602. The summed E-state index contributed by atoms with van der Waals surface area (Å²) in [6.45, 7) is 6.14. The minimum Gasteiger partial charge on any atom is -0.330 e. The highest BCUT2D eigenvalue weighted by molar-refractivity contribution is 5.02. The van der Waals surface area contributed by atoms with E-state index in [1.165, 1.54) is 31.5 Å². The molecule has 1 aliphatic rings. The van der Waals surface area contributed by atoms with Crippen LogP contribution in [0.4, 0.5) is 0 Å². The molecule has 0 bridgehead atoms. The van der Waals surface area contributed by atoms with Crippen molar-refractivity contribution in [3.05, 3.63) is 11.6 Å². The maximum atomic E-state index is 5.74. The van der Waals surface area contributed by atoms with Gasteiger partial charge in [0.2, 0.25) is 0 Å². The number of aryl methyl sites for hydroxylation is 1. The molecule has 0 aromatic carbocycles. The van der Waals surface area contributed by atoms with E-state index in [0.717, 1.165) is 31.3 Å². The second-order valence-corrected chi connectivity index (χ2v) is 5.21. The number of hydrogen-bond acceptors (Lipinski definition) is 3. The van der Waals surface area contributed by atoms with Crippen molar-refractivity contribution in [3.8, 4) is 0 Å². The molecule has 1 aliphatic carbocycles. The van der Waals surface area contributed by atoms with Gasteiger partial charge in [0, 0.05) is 12.5 Å². The molecule has 1 aromatic rings. The monoisotopic (exact) mass is 236 g/mol. The summed E-state index contributed by atoms with van der Waals surface area (Å²) in [6, 6.07) is 0. The van der Waals surface area contributed by atoms with Crippen LogP contribution in [0.1, 0.15) is 56.6 Å². The molecule has 1 aromatic heterocycles. The van der Waals surface area contributed by atoms with Crippen LogP contribution < -0.4 is 5.73 Å². The molecular formula is C13H24N4. The highest BCUT2D eigenvalue weighted by Crippen LogP contribution is 2.34. The molecule has 4 heteroatoms. The Morgan fingerprint density at radius 2 is 1.94 bits per heavy atom. The average Bonchev–Trinajstić information content (AvgIpc) is 2.72. The van der Waals surface area contributed by atoms with Gasteiger partial charge in [-0.25, -0.2) is 0 Å². The van der Waals surface area contributed by atoms with Gasteiger partial charge in [0.05, 0.1) is 0 Å². The maximum absolute atomic E-state index is 5.74. The van der Waals surface area contributed by atoms with Crippen LogP contribution in [-0.2, 0) is 6.54 Å². The maximum Gasteiger partial charge on any atom is 0.136 e. The Kier molecular flexibility index (Phi) is 4.15.